The molecule has 0 aromatic carbocycles. The van der Waals surface area contributed by atoms with Crippen molar-refractivity contribution in [3.63, 3.8) is 0 Å². The van der Waals surface area contributed by atoms with Gasteiger partial charge in [-0.25, -0.2) is 0 Å². The Morgan fingerprint density at radius 2 is 2.33 bits per heavy atom. The van der Waals surface area contributed by atoms with Gasteiger partial charge in [0, 0.05) is 19.7 Å². The first-order chi connectivity index (χ1) is 8.65. The highest BCUT2D eigenvalue weighted by Gasteiger charge is 2.07. The SMILES string of the molecule is COCC(C)NC(=O)COc1ccc(CN)nc1. The molecule has 6 nitrogen and oxygen atoms in total. The summed E-state index contributed by atoms with van der Waals surface area (Å²) in [5.74, 6) is 0.351. The fourth-order valence-corrected chi connectivity index (χ4v) is 1.37. The van der Waals surface area contributed by atoms with E-state index in [4.69, 9.17) is 15.2 Å². The predicted molar refractivity (Wildman–Crippen MR) is 67.1 cm³/mol. The molecule has 1 amide bonds. The van der Waals surface area contributed by atoms with Crippen LogP contribution in [0, 0.1) is 0 Å². The number of pyridine rings is 1. The van der Waals surface area contributed by atoms with Gasteiger partial charge in [-0.1, -0.05) is 0 Å². The van der Waals surface area contributed by atoms with Crippen LogP contribution in [-0.2, 0) is 16.1 Å². The van der Waals surface area contributed by atoms with Crippen LogP contribution in [0.3, 0.4) is 0 Å². The van der Waals surface area contributed by atoms with Crippen molar-refractivity contribution >= 4 is 5.91 Å². The molecule has 3 N–H and O–H groups in total. The fraction of sp³-hybridized carbons (Fsp3) is 0.500. The summed E-state index contributed by atoms with van der Waals surface area (Å²) in [6.45, 7) is 2.67. The zero-order chi connectivity index (χ0) is 13.4. The number of ether oxygens (including phenoxy) is 2. The summed E-state index contributed by atoms with van der Waals surface area (Å²) < 4.78 is 10.2. The van der Waals surface area contributed by atoms with Gasteiger partial charge in [0.25, 0.3) is 5.91 Å². The van der Waals surface area contributed by atoms with Gasteiger partial charge >= 0.3 is 0 Å². The summed E-state index contributed by atoms with van der Waals surface area (Å²) in [6, 6.07) is 3.46. The molecular weight excluding hydrogens is 234 g/mol. The van der Waals surface area contributed by atoms with Crippen LogP contribution in [0.1, 0.15) is 12.6 Å². The van der Waals surface area contributed by atoms with E-state index in [9.17, 15) is 4.79 Å². The van der Waals surface area contributed by atoms with E-state index < -0.39 is 0 Å². The first kappa shape index (κ1) is 14.4. The smallest absolute Gasteiger partial charge is 0.258 e. The molecular formula is C12H19N3O3. The summed E-state index contributed by atoms with van der Waals surface area (Å²) in [5, 5.41) is 2.74. The van der Waals surface area contributed by atoms with Gasteiger partial charge in [-0.2, -0.15) is 0 Å². The van der Waals surface area contributed by atoms with E-state index in [1.54, 1.807) is 25.4 Å². The molecule has 0 bridgehead atoms. The number of aromatic nitrogens is 1. The molecule has 0 fully saturated rings. The molecule has 0 aliphatic rings. The number of carbonyl (C=O) groups is 1. The number of methoxy groups -OCH3 is 1. The molecule has 100 valence electrons. The Balaban J connectivity index is 2.33. The largest absolute Gasteiger partial charge is 0.482 e. The summed E-state index contributed by atoms with van der Waals surface area (Å²) in [4.78, 5) is 15.6. The number of nitrogens with zero attached hydrogens (tertiary/aromatic N) is 1. The number of hydrogen-bond acceptors (Lipinski definition) is 5. The molecule has 1 aromatic rings. The zero-order valence-corrected chi connectivity index (χ0v) is 10.7. The van der Waals surface area contributed by atoms with Gasteiger partial charge in [0.1, 0.15) is 5.75 Å². The minimum absolute atomic E-state index is 0.0381. The van der Waals surface area contributed by atoms with Gasteiger partial charge in [-0.15, -0.1) is 0 Å². The van der Waals surface area contributed by atoms with Crippen molar-refractivity contribution in [1.29, 1.82) is 0 Å². The molecule has 0 saturated heterocycles. The van der Waals surface area contributed by atoms with Crippen LogP contribution >= 0.6 is 0 Å². The Hall–Kier alpha value is -1.66. The molecule has 0 radical (unpaired) electrons. The monoisotopic (exact) mass is 253 g/mol. The van der Waals surface area contributed by atoms with Crippen LogP contribution in [0.4, 0.5) is 0 Å². The van der Waals surface area contributed by atoms with E-state index in [1.807, 2.05) is 6.92 Å². The molecule has 1 heterocycles. The standard InChI is InChI=1S/C12H19N3O3/c1-9(7-17-2)15-12(16)8-18-11-4-3-10(5-13)14-6-11/h3-4,6,9H,5,7-8,13H2,1-2H3,(H,15,16). The average molecular weight is 253 g/mol. The van der Waals surface area contributed by atoms with Crippen LogP contribution < -0.4 is 15.8 Å². The van der Waals surface area contributed by atoms with Gasteiger partial charge < -0.3 is 20.5 Å². The third kappa shape index (κ3) is 5.11. The molecule has 0 aliphatic heterocycles. The maximum Gasteiger partial charge on any atom is 0.258 e. The molecule has 18 heavy (non-hydrogen) atoms. The Bertz CT molecular complexity index is 367. The van der Waals surface area contributed by atoms with Crippen molar-refractivity contribution in [2.75, 3.05) is 20.3 Å². The molecule has 1 rings (SSSR count). The van der Waals surface area contributed by atoms with Crippen LogP contribution in [0.2, 0.25) is 0 Å². The highest BCUT2D eigenvalue weighted by atomic mass is 16.5. The second-order valence-electron chi connectivity index (χ2n) is 3.90. The van der Waals surface area contributed by atoms with E-state index in [0.717, 1.165) is 5.69 Å². The maximum absolute atomic E-state index is 11.5. The lowest BCUT2D eigenvalue weighted by molar-refractivity contribution is -0.124. The van der Waals surface area contributed by atoms with E-state index in [2.05, 4.69) is 10.3 Å². The normalized spacial score (nSPS) is 11.9. The zero-order valence-electron chi connectivity index (χ0n) is 10.7. The lowest BCUT2D eigenvalue weighted by atomic mass is 10.3. The second kappa shape index (κ2) is 7.62. The Labute approximate surface area is 106 Å². The second-order valence-corrected chi connectivity index (χ2v) is 3.90. The fourth-order valence-electron chi connectivity index (χ4n) is 1.37. The van der Waals surface area contributed by atoms with Crippen molar-refractivity contribution in [1.82, 2.24) is 10.3 Å². The van der Waals surface area contributed by atoms with Crippen LogP contribution in [0.15, 0.2) is 18.3 Å². The number of amides is 1. The highest BCUT2D eigenvalue weighted by molar-refractivity contribution is 5.77. The predicted octanol–water partition coefficient (Wildman–Crippen LogP) is 0.0702. The molecule has 1 aromatic heterocycles. The van der Waals surface area contributed by atoms with E-state index in [-0.39, 0.29) is 18.6 Å². The maximum atomic E-state index is 11.5. The van der Waals surface area contributed by atoms with Gasteiger partial charge in [-0.05, 0) is 19.1 Å². The summed E-state index contributed by atoms with van der Waals surface area (Å²) in [7, 11) is 1.59. The van der Waals surface area contributed by atoms with E-state index in [0.29, 0.717) is 18.9 Å². The molecule has 1 atom stereocenters. The number of hydrogen-bond donors (Lipinski definition) is 2. The first-order valence-corrected chi connectivity index (χ1v) is 5.71. The quantitative estimate of drug-likeness (QED) is 0.718. The topological polar surface area (TPSA) is 86.5 Å². The van der Waals surface area contributed by atoms with Crippen molar-refractivity contribution in [2.45, 2.75) is 19.5 Å². The van der Waals surface area contributed by atoms with Crippen molar-refractivity contribution in [3.8, 4) is 5.75 Å². The molecule has 0 spiro atoms. The van der Waals surface area contributed by atoms with Crippen LogP contribution in [0.5, 0.6) is 5.75 Å². The van der Waals surface area contributed by atoms with Gasteiger partial charge in [0.05, 0.1) is 18.5 Å². The lowest BCUT2D eigenvalue weighted by Gasteiger charge is -2.13. The Kier molecular flexibility index (Phi) is 6.10. The lowest BCUT2D eigenvalue weighted by Crippen LogP contribution is -2.38. The van der Waals surface area contributed by atoms with Crippen molar-refractivity contribution < 1.29 is 14.3 Å². The average Bonchev–Trinajstić information content (AvgIpc) is 2.37. The summed E-state index contributed by atoms with van der Waals surface area (Å²) in [5.41, 5.74) is 6.20. The van der Waals surface area contributed by atoms with Gasteiger partial charge in [-0.3, -0.25) is 9.78 Å². The minimum Gasteiger partial charge on any atom is -0.482 e. The van der Waals surface area contributed by atoms with Crippen molar-refractivity contribution in [3.05, 3.63) is 24.0 Å². The van der Waals surface area contributed by atoms with Crippen LogP contribution in [0.25, 0.3) is 0 Å². The summed E-state index contributed by atoms with van der Waals surface area (Å²) >= 11 is 0. The van der Waals surface area contributed by atoms with Gasteiger partial charge in [0.15, 0.2) is 6.61 Å². The number of rotatable bonds is 7. The first-order valence-electron chi connectivity index (χ1n) is 5.71. The third-order valence-electron chi connectivity index (χ3n) is 2.20. The number of nitrogens with one attached hydrogen (secondary N) is 1. The highest BCUT2D eigenvalue weighted by Crippen LogP contribution is 2.08. The van der Waals surface area contributed by atoms with Crippen LogP contribution in [-0.4, -0.2) is 37.3 Å². The Morgan fingerprint density at radius 3 is 2.89 bits per heavy atom. The molecule has 1 unspecified atom stereocenters. The van der Waals surface area contributed by atoms with E-state index in [1.165, 1.54) is 0 Å². The molecule has 0 saturated carbocycles. The third-order valence-corrected chi connectivity index (χ3v) is 2.20. The number of nitrogens with two attached hydrogens (primary N) is 1. The summed E-state index contributed by atoms with van der Waals surface area (Å²) in [6.07, 6.45) is 1.55. The molecule has 6 heteroatoms. The number of carbonyl (C=O) groups excluding carboxylic acids is 1. The molecule has 0 aliphatic carbocycles. The Morgan fingerprint density at radius 1 is 1.56 bits per heavy atom. The van der Waals surface area contributed by atoms with Gasteiger partial charge in [0.2, 0.25) is 0 Å². The van der Waals surface area contributed by atoms with E-state index >= 15 is 0 Å². The minimum atomic E-state index is -0.192. The van der Waals surface area contributed by atoms with Crippen molar-refractivity contribution in [2.24, 2.45) is 5.73 Å².